The molecular weight excluding hydrogens is 400 g/mol. The normalized spacial score (nSPS) is 25.0. The number of carbonyl (C=O) groups excluding carboxylic acids is 1. The summed E-state index contributed by atoms with van der Waals surface area (Å²) in [6.07, 6.45) is -0.824. The summed E-state index contributed by atoms with van der Waals surface area (Å²) in [5.74, 6) is -4.36. The van der Waals surface area contributed by atoms with Crippen molar-refractivity contribution in [2.75, 3.05) is 11.9 Å². The third-order valence-corrected chi connectivity index (χ3v) is 5.49. The number of aliphatic hydroxyl groups is 2. The number of nitrogens with zero attached hydrogens (tertiary/aromatic N) is 2. The maximum atomic E-state index is 14.2. The van der Waals surface area contributed by atoms with Gasteiger partial charge in [0.15, 0.2) is 6.10 Å². The van der Waals surface area contributed by atoms with Crippen LogP contribution >= 0.6 is 0 Å². The van der Waals surface area contributed by atoms with Crippen LogP contribution in [-0.2, 0) is 17.6 Å². The zero-order chi connectivity index (χ0) is 21.5. The summed E-state index contributed by atoms with van der Waals surface area (Å²) in [7, 11) is 0. The zero-order valence-corrected chi connectivity index (χ0v) is 15.9. The van der Waals surface area contributed by atoms with E-state index in [0.29, 0.717) is 10.1 Å². The zero-order valence-electron chi connectivity index (χ0n) is 15.9. The fourth-order valence-electron chi connectivity index (χ4n) is 3.84. The molecule has 3 N–H and O–H groups in total. The number of rotatable bonds is 4. The van der Waals surface area contributed by atoms with Crippen LogP contribution < -0.4 is 11.0 Å². The number of amides is 1. The molecule has 2 aliphatic rings. The number of nitrogens with one attached hydrogen (secondary N) is 1. The van der Waals surface area contributed by atoms with E-state index in [1.54, 1.807) is 6.07 Å². The van der Waals surface area contributed by atoms with Crippen molar-refractivity contribution in [1.82, 2.24) is 9.55 Å². The first kappa shape index (κ1) is 20.6. The second kappa shape index (κ2) is 7.86. The van der Waals surface area contributed by atoms with E-state index in [1.807, 2.05) is 12.1 Å². The smallest absolute Gasteiger partial charge is 0.351 e. The van der Waals surface area contributed by atoms with E-state index in [2.05, 4.69) is 10.3 Å². The standard InChI is InChI=1S/C20H21F2N3O5/c21-20(22)16(27)14(10-26)30-18(20)25-8-7-15(24-19(25)29)23-17(28)13-6-5-11-3-1-2-4-12(11)9-13/h5-9,14,16,18,26-27H,1-4,10H2,(H,23,24,28,29). The molecule has 3 unspecified atom stereocenters. The Labute approximate surface area is 170 Å². The molecule has 1 aromatic carbocycles. The number of halogens is 2. The minimum atomic E-state index is -3.80. The lowest BCUT2D eigenvalue weighted by atomic mass is 9.90. The molecule has 2 aromatic rings. The summed E-state index contributed by atoms with van der Waals surface area (Å²) in [6, 6.07) is 6.62. The molecule has 0 radical (unpaired) electrons. The highest BCUT2D eigenvalue weighted by Gasteiger charge is 2.59. The van der Waals surface area contributed by atoms with E-state index in [-0.39, 0.29) is 5.82 Å². The van der Waals surface area contributed by atoms with Crippen LogP contribution in [0.25, 0.3) is 0 Å². The van der Waals surface area contributed by atoms with E-state index in [9.17, 15) is 23.5 Å². The van der Waals surface area contributed by atoms with Gasteiger partial charge < -0.3 is 20.3 Å². The SMILES string of the molecule is O=C(Nc1ccn(C2OC(CO)C(O)C2(F)F)c(=O)n1)c1ccc2c(c1)CCCC2. The molecular formula is C20H21F2N3O5. The Kier molecular flexibility index (Phi) is 5.39. The van der Waals surface area contributed by atoms with E-state index >= 15 is 0 Å². The summed E-state index contributed by atoms with van der Waals surface area (Å²) in [4.78, 5) is 28.4. The second-order valence-electron chi connectivity index (χ2n) is 7.48. The van der Waals surface area contributed by atoms with Crippen molar-refractivity contribution in [3.8, 4) is 0 Å². The summed E-state index contributed by atoms with van der Waals surface area (Å²) in [5, 5.41) is 21.1. The molecule has 2 heterocycles. The molecule has 1 amide bonds. The Morgan fingerprint density at radius 2 is 2.00 bits per heavy atom. The predicted octanol–water partition coefficient (Wildman–Crippen LogP) is 1.26. The summed E-state index contributed by atoms with van der Waals surface area (Å²) in [6.45, 7) is -0.829. The summed E-state index contributed by atoms with van der Waals surface area (Å²) < 4.78 is 33.9. The Hall–Kier alpha value is -2.69. The van der Waals surface area contributed by atoms with Crippen molar-refractivity contribution in [2.45, 2.75) is 50.0 Å². The number of hydrogen-bond acceptors (Lipinski definition) is 6. The average molecular weight is 421 g/mol. The monoisotopic (exact) mass is 421 g/mol. The highest BCUT2D eigenvalue weighted by Crippen LogP contribution is 2.42. The lowest BCUT2D eigenvalue weighted by molar-refractivity contribution is -0.140. The topological polar surface area (TPSA) is 114 Å². The number of anilines is 1. The molecule has 160 valence electrons. The van der Waals surface area contributed by atoms with Crippen LogP contribution in [0.15, 0.2) is 35.3 Å². The quantitative estimate of drug-likeness (QED) is 0.685. The van der Waals surface area contributed by atoms with E-state index < -0.39 is 42.6 Å². The molecule has 4 rings (SSSR count). The fourth-order valence-corrected chi connectivity index (χ4v) is 3.84. The Morgan fingerprint density at radius 3 is 2.67 bits per heavy atom. The summed E-state index contributed by atoms with van der Waals surface area (Å²) in [5.41, 5.74) is 1.67. The first-order chi connectivity index (χ1) is 14.3. The lowest BCUT2D eigenvalue weighted by Gasteiger charge is -2.21. The molecule has 0 bridgehead atoms. The van der Waals surface area contributed by atoms with Gasteiger partial charge in [0.2, 0.25) is 6.23 Å². The Balaban J connectivity index is 1.53. The molecule has 0 spiro atoms. The highest BCUT2D eigenvalue weighted by atomic mass is 19.3. The van der Waals surface area contributed by atoms with E-state index in [0.717, 1.165) is 37.4 Å². The van der Waals surface area contributed by atoms with Crippen molar-refractivity contribution in [1.29, 1.82) is 0 Å². The molecule has 8 nitrogen and oxygen atoms in total. The van der Waals surface area contributed by atoms with Gasteiger partial charge in [0.1, 0.15) is 11.9 Å². The van der Waals surface area contributed by atoms with Crippen LogP contribution in [0.5, 0.6) is 0 Å². The number of benzene rings is 1. The molecule has 3 atom stereocenters. The third-order valence-electron chi connectivity index (χ3n) is 5.49. The number of aliphatic hydroxyl groups excluding tert-OH is 2. The first-order valence-electron chi connectivity index (χ1n) is 9.66. The first-order valence-corrected chi connectivity index (χ1v) is 9.66. The fraction of sp³-hybridized carbons (Fsp3) is 0.450. The molecule has 0 saturated carbocycles. The van der Waals surface area contributed by atoms with Crippen LogP contribution in [-0.4, -0.2) is 50.4 Å². The van der Waals surface area contributed by atoms with Gasteiger partial charge in [-0.15, -0.1) is 0 Å². The highest BCUT2D eigenvalue weighted by molar-refractivity contribution is 6.03. The van der Waals surface area contributed by atoms with Crippen molar-refractivity contribution in [3.05, 3.63) is 57.6 Å². The van der Waals surface area contributed by atoms with E-state index in [4.69, 9.17) is 9.84 Å². The van der Waals surface area contributed by atoms with Gasteiger partial charge in [-0.2, -0.15) is 13.8 Å². The van der Waals surface area contributed by atoms with Crippen molar-refractivity contribution in [3.63, 3.8) is 0 Å². The number of hydrogen-bond donors (Lipinski definition) is 3. The predicted molar refractivity (Wildman–Crippen MR) is 101 cm³/mol. The van der Waals surface area contributed by atoms with Crippen molar-refractivity contribution in [2.24, 2.45) is 0 Å². The number of fused-ring (bicyclic) bond motifs is 1. The maximum absolute atomic E-state index is 14.2. The average Bonchev–Trinajstić information content (AvgIpc) is 2.96. The Bertz CT molecular complexity index is 1030. The maximum Gasteiger partial charge on any atom is 0.351 e. The van der Waals surface area contributed by atoms with Crippen LogP contribution in [0.4, 0.5) is 14.6 Å². The summed E-state index contributed by atoms with van der Waals surface area (Å²) >= 11 is 0. The molecule has 10 heteroatoms. The van der Waals surface area contributed by atoms with Crippen LogP contribution in [0, 0.1) is 0 Å². The molecule has 1 aliphatic carbocycles. The minimum Gasteiger partial charge on any atom is -0.394 e. The molecule has 1 aliphatic heterocycles. The second-order valence-corrected chi connectivity index (χ2v) is 7.48. The minimum absolute atomic E-state index is 0.0976. The van der Waals surface area contributed by atoms with Gasteiger partial charge in [-0.05, 0) is 55.0 Å². The van der Waals surface area contributed by atoms with Gasteiger partial charge in [0.25, 0.3) is 5.91 Å². The molecule has 30 heavy (non-hydrogen) atoms. The molecule has 1 aromatic heterocycles. The van der Waals surface area contributed by atoms with Crippen LogP contribution in [0.3, 0.4) is 0 Å². The van der Waals surface area contributed by atoms with Gasteiger partial charge in [-0.1, -0.05) is 6.07 Å². The molecule has 1 saturated heterocycles. The van der Waals surface area contributed by atoms with E-state index in [1.165, 1.54) is 11.6 Å². The van der Waals surface area contributed by atoms with Crippen molar-refractivity contribution < 1.29 is 28.5 Å². The number of ether oxygens (including phenoxy) is 1. The van der Waals surface area contributed by atoms with Gasteiger partial charge in [-0.25, -0.2) is 4.79 Å². The van der Waals surface area contributed by atoms with Gasteiger partial charge in [0.05, 0.1) is 6.61 Å². The van der Waals surface area contributed by atoms with Crippen molar-refractivity contribution >= 4 is 11.7 Å². The lowest BCUT2D eigenvalue weighted by Crippen LogP contribution is -2.41. The van der Waals surface area contributed by atoms with Crippen LogP contribution in [0.1, 0.15) is 40.6 Å². The largest absolute Gasteiger partial charge is 0.394 e. The number of aromatic nitrogens is 2. The van der Waals surface area contributed by atoms with Gasteiger partial charge in [-0.3, -0.25) is 9.36 Å². The molecule has 1 fully saturated rings. The van der Waals surface area contributed by atoms with Gasteiger partial charge in [0, 0.05) is 11.8 Å². The van der Waals surface area contributed by atoms with Gasteiger partial charge >= 0.3 is 11.6 Å². The third kappa shape index (κ3) is 3.62. The number of aryl methyl sites for hydroxylation is 2. The number of alkyl halides is 2. The van der Waals surface area contributed by atoms with Crippen LogP contribution in [0.2, 0.25) is 0 Å². The number of carbonyl (C=O) groups is 1. The Morgan fingerprint density at radius 1 is 1.27 bits per heavy atom.